The highest BCUT2D eigenvalue weighted by molar-refractivity contribution is 7.80. The predicted octanol–water partition coefficient (Wildman–Crippen LogP) is 5.59. The van der Waals surface area contributed by atoms with E-state index in [2.05, 4.69) is 31.4 Å². The van der Waals surface area contributed by atoms with Crippen molar-refractivity contribution in [1.82, 2.24) is 30.8 Å². The smallest absolute Gasteiger partial charge is 0.243 e. The first kappa shape index (κ1) is 27.6. The molecule has 0 radical (unpaired) electrons. The van der Waals surface area contributed by atoms with Crippen molar-refractivity contribution in [2.45, 2.75) is 13.0 Å². The van der Waals surface area contributed by atoms with Crippen molar-refractivity contribution >= 4 is 63.7 Å². The number of carbonyl (C=O) groups excluding carboxylic acids is 1. The lowest BCUT2D eigenvalue weighted by Crippen LogP contribution is -2.33. The topological polar surface area (TPSA) is 106 Å². The molecule has 0 unspecified atom stereocenters. The number of hydrogen-bond donors (Lipinski definition) is 3. The zero-order valence-corrected chi connectivity index (χ0v) is 22.9. The molecule has 0 saturated carbocycles. The van der Waals surface area contributed by atoms with Crippen molar-refractivity contribution < 1.29 is 9.53 Å². The van der Waals surface area contributed by atoms with Gasteiger partial charge in [-0.2, -0.15) is 4.80 Å². The number of hydrogen-bond acceptors (Lipinski definition) is 6. The second-order valence-corrected chi connectivity index (χ2v) is 9.60. The molecule has 0 aliphatic carbocycles. The Balaban J connectivity index is 1.24. The van der Waals surface area contributed by atoms with Gasteiger partial charge in [-0.3, -0.25) is 4.79 Å². The van der Waals surface area contributed by atoms with Gasteiger partial charge >= 0.3 is 0 Å². The van der Waals surface area contributed by atoms with Gasteiger partial charge in [0.2, 0.25) is 11.7 Å². The highest BCUT2D eigenvalue weighted by Gasteiger charge is 2.15. The molecule has 196 valence electrons. The average molecular weight is 591 g/mol. The van der Waals surface area contributed by atoms with Gasteiger partial charge in [0.25, 0.3) is 0 Å². The Bertz CT molecular complexity index is 1430. The number of benzene rings is 3. The minimum Gasteiger partial charge on any atom is -0.455 e. The van der Waals surface area contributed by atoms with E-state index in [9.17, 15) is 4.79 Å². The lowest BCUT2D eigenvalue weighted by atomic mass is 10.2. The first-order valence-electron chi connectivity index (χ1n) is 11.4. The van der Waals surface area contributed by atoms with Crippen LogP contribution in [0.15, 0.2) is 66.7 Å². The second kappa shape index (κ2) is 13.4. The monoisotopic (exact) mass is 589 g/mol. The molecular weight excluding hydrogens is 569 g/mol. The van der Waals surface area contributed by atoms with Crippen molar-refractivity contribution in [3.05, 3.63) is 81.8 Å². The number of rotatable bonds is 10. The zero-order chi connectivity index (χ0) is 26.9. The molecule has 13 heteroatoms. The quantitative estimate of drug-likeness (QED) is 0.162. The number of para-hydroxylation sites is 1. The van der Waals surface area contributed by atoms with Crippen LogP contribution in [0.1, 0.15) is 6.42 Å². The Kier molecular flexibility index (Phi) is 9.72. The Morgan fingerprint density at radius 1 is 0.921 bits per heavy atom. The lowest BCUT2D eigenvalue weighted by Gasteiger charge is -2.11. The van der Waals surface area contributed by atoms with Gasteiger partial charge in [0, 0.05) is 28.8 Å². The molecule has 1 aromatic heterocycles. The Morgan fingerprint density at radius 3 is 2.53 bits per heavy atom. The Labute approximate surface area is 239 Å². The maximum absolute atomic E-state index is 12.3. The van der Waals surface area contributed by atoms with E-state index >= 15 is 0 Å². The van der Waals surface area contributed by atoms with Crippen LogP contribution in [-0.2, 0) is 11.3 Å². The minimum atomic E-state index is -0.244. The maximum Gasteiger partial charge on any atom is 0.243 e. The van der Waals surface area contributed by atoms with Gasteiger partial charge in [0.15, 0.2) is 5.11 Å². The molecule has 4 rings (SSSR count). The van der Waals surface area contributed by atoms with E-state index in [1.165, 1.54) is 4.80 Å². The maximum atomic E-state index is 12.3. The molecule has 4 aromatic rings. The summed E-state index contributed by atoms with van der Waals surface area (Å²) in [5.41, 5.74) is 1.39. The molecule has 1 heterocycles. The molecule has 1 amide bonds. The van der Waals surface area contributed by atoms with Crippen LogP contribution in [0.3, 0.4) is 0 Å². The first-order chi connectivity index (χ1) is 18.4. The number of nitrogens with zero attached hydrogens (tertiary/aromatic N) is 4. The molecular formula is C25H22Cl3N7O2S. The third-order valence-electron chi connectivity index (χ3n) is 5.02. The van der Waals surface area contributed by atoms with Gasteiger partial charge in [-0.25, -0.2) is 0 Å². The van der Waals surface area contributed by atoms with Crippen LogP contribution in [0.5, 0.6) is 11.5 Å². The first-order valence-corrected chi connectivity index (χ1v) is 13.0. The SMILES string of the molecule is O=C(Cn1nnc(-c2ccccc2Oc2ccc(Cl)cc2Cl)n1)NCCCNC(=S)Nc1cccc(Cl)c1. The van der Waals surface area contributed by atoms with Gasteiger partial charge in [-0.15, -0.1) is 10.2 Å². The van der Waals surface area contributed by atoms with E-state index < -0.39 is 0 Å². The van der Waals surface area contributed by atoms with Crippen LogP contribution in [0.4, 0.5) is 5.69 Å². The number of tetrazole rings is 1. The van der Waals surface area contributed by atoms with Crippen LogP contribution in [0.25, 0.3) is 11.4 Å². The molecule has 0 fully saturated rings. The summed E-state index contributed by atoms with van der Waals surface area (Å²) in [6.45, 7) is 0.944. The molecule has 38 heavy (non-hydrogen) atoms. The van der Waals surface area contributed by atoms with Crippen LogP contribution in [0, 0.1) is 0 Å². The fourth-order valence-electron chi connectivity index (χ4n) is 3.28. The van der Waals surface area contributed by atoms with E-state index in [4.69, 9.17) is 51.8 Å². The summed E-state index contributed by atoms with van der Waals surface area (Å²) in [7, 11) is 0. The third-order valence-corrected chi connectivity index (χ3v) is 6.04. The molecule has 9 nitrogen and oxygen atoms in total. The Morgan fingerprint density at radius 2 is 1.71 bits per heavy atom. The summed E-state index contributed by atoms with van der Waals surface area (Å²) in [6.07, 6.45) is 0.664. The highest BCUT2D eigenvalue weighted by Crippen LogP contribution is 2.35. The van der Waals surface area contributed by atoms with E-state index in [1.807, 2.05) is 24.3 Å². The van der Waals surface area contributed by atoms with Crippen molar-refractivity contribution in [1.29, 1.82) is 0 Å². The number of ether oxygens (including phenoxy) is 1. The summed E-state index contributed by atoms with van der Waals surface area (Å²) in [5.74, 6) is 0.983. The molecule has 0 atom stereocenters. The molecule has 3 N–H and O–H groups in total. The van der Waals surface area contributed by atoms with Crippen molar-refractivity contribution in [3.63, 3.8) is 0 Å². The average Bonchev–Trinajstić information content (AvgIpc) is 3.34. The summed E-state index contributed by atoms with van der Waals surface area (Å²) in [5, 5.41) is 23.3. The van der Waals surface area contributed by atoms with Crippen LogP contribution in [0.2, 0.25) is 15.1 Å². The second-order valence-electron chi connectivity index (χ2n) is 7.91. The molecule has 3 aromatic carbocycles. The number of amides is 1. The van der Waals surface area contributed by atoms with Crippen LogP contribution < -0.4 is 20.7 Å². The predicted molar refractivity (Wildman–Crippen MR) is 153 cm³/mol. The number of carbonyl (C=O) groups is 1. The van der Waals surface area contributed by atoms with Gasteiger partial charge < -0.3 is 20.7 Å². The largest absolute Gasteiger partial charge is 0.455 e. The molecule has 0 aliphatic heterocycles. The molecule has 0 bridgehead atoms. The van der Waals surface area contributed by atoms with Crippen LogP contribution >= 0.6 is 47.0 Å². The van der Waals surface area contributed by atoms with Crippen molar-refractivity contribution in [2.24, 2.45) is 0 Å². The number of thiocarbonyl (C=S) groups is 1. The van der Waals surface area contributed by atoms with Crippen LogP contribution in [-0.4, -0.2) is 44.3 Å². The zero-order valence-electron chi connectivity index (χ0n) is 19.8. The normalized spacial score (nSPS) is 10.6. The van der Waals surface area contributed by atoms with Crippen molar-refractivity contribution in [2.75, 3.05) is 18.4 Å². The summed E-state index contributed by atoms with van der Waals surface area (Å²) in [4.78, 5) is 13.6. The molecule has 0 saturated heterocycles. The number of halogens is 3. The lowest BCUT2D eigenvalue weighted by molar-refractivity contribution is -0.122. The van der Waals surface area contributed by atoms with E-state index in [1.54, 1.807) is 42.5 Å². The fraction of sp³-hybridized carbons (Fsp3) is 0.160. The van der Waals surface area contributed by atoms with Gasteiger partial charge in [-0.1, -0.05) is 53.0 Å². The number of nitrogens with one attached hydrogen (secondary N) is 3. The van der Waals surface area contributed by atoms with Crippen molar-refractivity contribution in [3.8, 4) is 22.9 Å². The van der Waals surface area contributed by atoms with E-state index in [0.29, 0.717) is 62.6 Å². The Hall–Kier alpha value is -3.44. The number of anilines is 1. The summed E-state index contributed by atoms with van der Waals surface area (Å²) < 4.78 is 5.96. The fourth-order valence-corrected chi connectivity index (χ4v) is 4.14. The van der Waals surface area contributed by atoms with Gasteiger partial charge in [0.1, 0.15) is 18.0 Å². The molecule has 0 spiro atoms. The summed E-state index contributed by atoms with van der Waals surface area (Å²) in [6, 6.07) is 19.4. The van der Waals surface area contributed by atoms with E-state index in [-0.39, 0.29) is 12.5 Å². The van der Waals surface area contributed by atoms with Gasteiger partial charge in [0.05, 0.1) is 10.6 Å². The third kappa shape index (κ3) is 8.03. The standard InChI is InChI=1S/C25H22Cl3N7O2S/c26-16-5-3-6-18(13-16)31-25(38)30-12-4-11-29-23(36)15-35-33-24(32-34-35)19-7-1-2-8-21(19)37-22-10-9-17(27)14-20(22)28/h1-3,5-10,13-14H,4,11-12,15H2,(H,29,36)(H2,30,31,38). The number of aromatic nitrogens is 4. The minimum absolute atomic E-state index is 0.0821. The molecule has 0 aliphatic rings. The summed E-state index contributed by atoms with van der Waals surface area (Å²) >= 11 is 23.4. The van der Waals surface area contributed by atoms with Gasteiger partial charge in [-0.05, 0) is 72.4 Å². The van der Waals surface area contributed by atoms with E-state index in [0.717, 1.165) is 5.69 Å². The highest BCUT2D eigenvalue weighted by atomic mass is 35.5.